The summed E-state index contributed by atoms with van der Waals surface area (Å²) in [5.41, 5.74) is 0. The minimum Gasteiger partial charge on any atom is -0.319 e. The number of carbonyl (C=O) groups excluding carboxylic acids is 1. The first kappa shape index (κ1) is 18.5. The van der Waals surface area contributed by atoms with Crippen LogP contribution < -0.4 is 5.32 Å². The number of thioether (sulfide) groups is 1. The van der Waals surface area contributed by atoms with E-state index in [4.69, 9.17) is 5.26 Å². The molecule has 1 heterocycles. The van der Waals surface area contributed by atoms with Crippen molar-refractivity contribution in [3.05, 3.63) is 6.20 Å². The summed E-state index contributed by atoms with van der Waals surface area (Å²) in [5, 5.41) is 14.4. The number of amides is 2. The van der Waals surface area contributed by atoms with Crippen molar-refractivity contribution in [3.63, 3.8) is 0 Å². The molecule has 2 fully saturated rings. The van der Waals surface area contributed by atoms with Gasteiger partial charge in [-0.3, -0.25) is 5.32 Å². The van der Waals surface area contributed by atoms with Crippen LogP contribution in [0.5, 0.6) is 0 Å². The predicted octanol–water partition coefficient (Wildman–Crippen LogP) is 5.46. The van der Waals surface area contributed by atoms with Crippen LogP contribution in [0.1, 0.15) is 64.7 Å². The number of hydrogen-bond acceptors (Lipinski definition) is 5. The lowest BCUT2D eigenvalue weighted by molar-refractivity contribution is 0.105. The average molecular weight is 379 g/mol. The lowest BCUT2D eigenvalue weighted by Crippen LogP contribution is -2.51. The normalized spacial score (nSPS) is 24.5. The van der Waals surface area contributed by atoms with E-state index in [0.717, 1.165) is 47.6 Å². The van der Waals surface area contributed by atoms with Crippen LogP contribution in [-0.2, 0) is 0 Å². The Morgan fingerprint density at radius 1 is 1.24 bits per heavy atom. The Hall–Kier alpha value is -1.26. The third-order valence-corrected chi connectivity index (χ3v) is 7.03. The second-order valence-corrected chi connectivity index (χ2v) is 9.34. The molecule has 1 aromatic heterocycles. The number of rotatable bonds is 4. The molecule has 5 nitrogen and oxygen atoms in total. The highest BCUT2D eigenvalue weighted by Crippen LogP contribution is 2.33. The van der Waals surface area contributed by atoms with Crippen molar-refractivity contribution in [1.29, 1.82) is 5.26 Å². The van der Waals surface area contributed by atoms with Crippen molar-refractivity contribution in [2.24, 2.45) is 5.92 Å². The SMILES string of the molecule is C[C@H]1CC[C@H](N(C(=O)Nc2ncc(SC#N)s2)C2CCCCC2)CC1. The molecule has 0 saturated heterocycles. The summed E-state index contributed by atoms with van der Waals surface area (Å²) < 4.78 is 0.813. The van der Waals surface area contributed by atoms with Crippen molar-refractivity contribution in [2.45, 2.75) is 81.0 Å². The van der Waals surface area contributed by atoms with Gasteiger partial charge in [-0.25, -0.2) is 9.78 Å². The summed E-state index contributed by atoms with van der Waals surface area (Å²) >= 11 is 2.45. The van der Waals surface area contributed by atoms with Crippen molar-refractivity contribution >= 4 is 34.3 Å². The van der Waals surface area contributed by atoms with E-state index in [-0.39, 0.29) is 6.03 Å². The highest BCUT2D eigenvalue weighted by Gasteiger charge is 2.33. The number of nitriles is 1. The smallest absolute Gasteiger partial charge is 0.319 e. The zero-order chi connectivity index (χ0) is 17.6. The fourth-order valence-electron chi connectivity index (χ4n) is 4.07. The first-order valence-electron chi connectivity index (χ1n) is 9.28. The number of nitrogens with zero attached hydrogens (tertiary/aromatic N) is 3. The molecular weight excluding hydrogens is 352 g/mol. The number of carbonyl (C=O) groups is 1. The van der Waals surface area contributed by atoms with E-state index in [2.05, 4.69) is 22.1 Å². The maximum Gasteiger partial charge on any atom is 0.324 e. The van der Waals surface area contributed by atoms with E-state index in [9.17, 15) is 4.79 Å². The number of anilines is 1. The molecular formula is C18H26N4OS2. The molecule has 0 aromatic carbocycles. The molecule has 0 bridgehead atoms. The van der Waals surface area contributed by atoms with Gasteiger partial charge in [0.15, 0.2) is 5.13 Å². The minimum absolute atomic E-state index is 0.00527. The summed E-state index contributed by atoms with van der Waals surface area (Å²) in [6.07, 6.45) is 12.3. The molecule has 7 heteroatoms. The summed E-state index contributed by atoms with van der Waals surface area (Å²) in [6, 6.07) is 0.710. The Morgan fingerprint density at radius 2 is 1.92 bits per heavy atom. The van der Waals surface area contributed by atoms with Gasteiger partial charge in [0, 0.05) is 23.8 Å². The first-order valence-corrected chi connectivity index (χ1v) is 10.9. The van der Waals surface area contributed by atoms with E-state index >= 15 is 0 Å². The van der Waals surface area contributed by atoms with Crippen LogP contribution in [0.2, 0.25) is 0 Å². The molecule has 3 rings (SSSR count). The number of thiocyanates is 1. The van der Waals surface area contributed by atoms with Gasteiger partial charge in [-0.05, 0) is 44.4 Å². The van der Waals surface area contributed by atoms with Crippen LogP contribution in [0.25, 0.3) is 0 Å². The van der Waals surface area contributed by atoms with Gasteiger partial charge in [0.05, 0.1) is 10.4 Å². The number of hydrogen-bond donors (Lipinski definition) is 1. The van der Waals surface area contributed by atoms with Gasteiger partial charge in [0.2, 0.25) is 0 Å². The molecule has 1 N–H and O–H groups in total. The number of thiazole rings is 1. The molecule has 2 aliphatic rings. The average Bonchev–Trinajstić information content (AvgIpc) is 3.05. The topological polar surface area (TPSA) is 69.0 Å². The van der Waals surface area contributed by atoms with Gasteiger partial charge in [0.1, 0.15) is 5.40 Å². The Labute approximate surface area is 158 Å². The Bertz CT molecular complexity index is 613. The van der Waals surface area contributed by atoms with Gasteiger partial charge in [-0.2, -0.15) is 5.26 Å². The Morgan fingerprint density at radius 3 is 2.60 bits per heavy atom. The fourth-order valence-corrected chi connectivity index (χ4v) is 5.33. The number of aromatic nitrogens is 1. The summed E-state index contributed by atoms with van der Waals surface area (Å²) in [5.74, 6) is 0.775. The molecule has 2 saturated carbocycles. The third kappa shape index (κ3) is 4.89. The molecule has 25 heavy (non-hydrogen) atoms. The van der Waals surface area contributed by atoms with E-state index in [1.807, 2.05) is 5.40 Å². The quantitative estimate of drug-likeness (QED) is 0.558. The van der Waals surface area contributed by atoms with Crippen LogP contribution in [0.4, 0.5) is 9.93 Å². The van der Waals surface area contributed by atoms with Crippen molar-refractivity contribution in [1.82, 2.24) is 9.88 Å². The lowest BCUT2D eigenvalue weighted by Gasteiger charge is -2.42. The number of urea groups is 1. The second kappa shape index (κ2) is 8.91. The largest absolute Gasteiger partial charge is 0.324 e. The zero-order valence-corrected chi connectivity index (χ0v) is 16.4. The predicted molar refractivity (Wildman–Crippen MR) is 103 cm³/mol. The Kier molecular flexibility index (Phi) is 6.60. The fraction of sp³-hybridized carbons (Fsp3) is 0.722. The highest BCUT2D eigenvalue weighted by molar-refractivity contribution is 8.05. The van der Waals surface area contributed by atoms with Gasteiger partial charge in [-0.15, -0.1) is 0 Å². The molecule has 0 unspecified atom stereocenters. The van der Waals surface area contributed by atoms with E-state index < -0.39 is 0 Å². The molecule has 2 aliphatic carbocycles. The van der Waals surface area contributed by atoms with Crippen molar-refractivity contribution < 1.29 is 4.79 Å². The maximum atomic E-state index is 13.1. The zero-order valence-electron chi connectivity index (χ0n) is 14.7. The third-order valence-electron chi connectivity index (χ3n) is 5.43. The van der Waals surface area contributed by atoms with Crippen molar-refractivity contribution in [3.8, 4) is 5.40 Å². The molecule has 0 atom stereocenters. The first-order chi connectivity index (χ1) is 12.2. The molecule has 0 radical (unpaired) electrons. The Balaban J connectivity index is 1.70. The highest BCUT2D eigenvalue weighted by atomic mass is 32.2. The standard InChI is InChI=1S/C18H26N4OS2/c1-13-7-9-15(10-8-13)22(14-5-3-2-4-6-14)18(23)21-17-20-11-16(25-17)24-12-19/h11,13-15H,2-10H2,1H3,(H,20,21,23)/t13-,15-. The lowest BCUT2D eigenvalue weighted by atomic mass is 9.84. The molecule has 2 amide bonds. The molecule has 0 aliphatic heterocycles. The molecule has 136 valence electrons. The second-order valence-electron chi connectivity index (χ2n) is 7.22. The van der Waals surface area contributed by atoms with Gasteiger partial charge >= 0.3 is 6.03 Å². The summed E-state index contributed by atoms with van der Waals surface area (Å²) in [6.45, 7) is 2.31. The maximum absolute atomic E-state index is 13.1. The van der Waals surface area contributed by atoms with Gasteiger partial charge in [0.25, 0.3) is 0 Å². The number of nitrogens with one attached hydrogen (secondary N) is 1. The van der Waals surface area contributed by atoms with E-state index in [1.165, 1.54) is 43.4 Å². The van der Waals surface area contributed by atoms with Crippen LogP contribution in [0.15, 0.2) is 10.4 Å². The summed E-state index contributed by atoms with van der Waals surface area (Å²) in [7, 11) is 0. The molecule has 1 aromatic rings. The minimum atomic E-state index is -0.00527. The monoisotopic (exact) mass is 378 g/mol. The van der Waals surface area contributed by atoms with Crippen LogP contribution in [0, 0.1) is 16.6 Å². The van der Waals surface area contributed by atoms with Gasteiger partial charge in [-0.1, -0.05) is 37.5 Å². The summed E-state index contributed by atoms with van der Waals surface area (Å²) in [4.78, 5) is 19.5. The van der Waals surface area contributed by atoms with E-state index in [0.29, 0.717) is 17.2 Å². The van der Waals surface area contributed by atoms with Gasteiger partial charge < -0.3 is 4.90 Å². The van der Waals surface area contributed by atoms with Crippen molar-refractivity contribution in [2.75, 3.05) is 5.32 Å². The van der Waals surface area contributed by atoms with Crippen LogP contribution in [0.3, 0.4) is 0 Å². The van der Waals surface area contributed by atoms with E-state index in [1.54, 1.807) is 6.20 Å². The molecule has 0 spiro atoms. The van der Waals surface area contributed by atoms with Crippen LogP contribution >= 0.6 is 23.1 Å². The van der Waals surface area contributed by atoms with Crippen LogP contribution in [-0.4, -0.2) is 28.0 Å².